The molecule has 0 aromatic heterocycles. The van der Waals surface area contributed by atoms with Crippen LogP contribution in [0.3, 0.4) is 0 Å². The molecular formula is C24H31F3N2O3. The Balaban J connectivity index is 1.33. The molecule has 0 spiro atoms. The first-order valence-electron chi connectivity index (χ1n) is 10.8. The number of halogens is 3. The van der Waals surface area contributed by atoms with E-state index >= 15 is 0 Å². The molecule has 0 saturated carbocycles. The number of piperazine rings is 1. The molecule has 0 amide bonds. The average molecular weight is 453 g/mol. The lowest BCUT2D eigenvalue weighted by molar-refractivity contribution is -0.137. The second kappa shape index (κ2) is 11.0. The first-order valence-corrected chi connectivity index (χ1v) is 10.8. The van der Waals surface area contributed by atoms with Gasteiger partial charge >= 0.3 is 6.18 Å². The summed E-state index contributed by atoms with van der Waals surface area (Å²) >= 11 is 0. The third-order valence-corrected chi connectivity index (χ3v) is 5.66. The fourth-order valence-corrected chi connectivity index (χ4v) is 3.66. The van der Waals surface area contributed by atoms with E-state index in [1.54, 1.807) is 6.07 Å². The first kappa shape index (κ1) is 24.4. The van der Waals surface area contributed by atoms with Crippen molar-refractivity contribution in [2.45, 2.75) is 26.1 Å². The number of alkyl halides is 3. The van der Waals surface area contributed by atoms with Gasteiger partial charge in [-0.3, -0.25) is 4.90 Å². The zero-order valence-electron chi connectivity index (χ0n) is 18.6. The maximum absolute atomic E-state index is 12.9. The van der Waals surface area contributed by atoms with Crippen LogP contribution >= 0.6 is 0 Å². The minimum absolute atomic E-state index is 0.212. The Labute approximate surface area is 187 Å². The van der Waals surface area contributed by atoms with Crippen LogP contribution in [0.25, 0.3) is 0 Å². The molecule has 32 heavy (non-hydrogen) atoms. The Hall–Kier alpha value is -2.29. The standard InChI is InChI=1S/C24H31F3N2O3/c1-18-6-7-23(14-19(18)2)32-13-12-31-17-22(30)16-28-8-10-29(11-9-28)21-5-3-4-20(15-21)24(25,26)27/h3-7,14-15,22,30H,8-13,16-17H2,1-2H3/t22-/m0/s1. The molecule has 1 aliphatic heterocycles. The molecule has 176 valence electrons. The van der Waals surface area contributed by atoms with Gasteiger partial charge in [0.05, 0.1) is 24.9 Å². The van der Waals surface area contributed by atoms with Crippen molar-refractivity contribution < 1.29 is 27.8 Å². The van der Waals surface area contributed by atoms with E-state index in [9.17, 15) is 18.3 Å². The average Bonchev–Trinajstić information content (AvgIpc) is 2.76. The van der Waals surface area contributed by atoms with Gasteiger partial charge in [-0.05, 0) is 55.3 Å². The highest BCUT2D eigenvalue weighted by atomic mass is 19.4. The summed E-state index contributed by atoms with van der Waals surface area (Å²) in [5, 5.41) is 10.2. The third kappa shape index (κ3) is 7.12. The lowest BCUT2D eigenvalue weighted by Crippen LogP contribution is -2.49. The number of ether oxygens (including phenoxy) is 2. The second-order valence-corrected chi connectivity index (χ2v) is 8.16. The summed E-state index contributed by atoms with van der Waals surface area (Å²) in [5.74, 6) is 0.802. The number of anilines is 1. The highest BCUT2D eigenvalue weighted by Gasteiger charge is 2.31. The minimum atomic E-state index is -4.34. The fraction of sp³-hybridized carbons (Fsp3) is 0.500. The van der Waals surface area contributed by atoms with E-state index in [2.05, 4.69) is 11.8 Å². The van der Waals surface area contributed by atoms with Crippen LogP contribution in [-0.4, -0.2) is 68.7 Å². The number of nitrogens with zero attached hydrogens (tertiary/aromatic N) is 2. The molecule has 1 N–H and O–H groups in total. The zero-order chi connectivity index (χ0) is 23.1. The summed E-state index contributed by atoms with van der Waals surface area (Å²) in [6, 6.07) is 11.4. The van der Waals surface area contributed by atoms with Gasteiger partial charge in [0.1, 0.15) is 12.4 Å². The molecule has 1 heterocycles. The Morgan fingerprint density at radius 2 is 1.72 bits per heavy atom. The number of hydrogen-bond donors (Lipinski definition) is 1. The molecule has 1 atom stereocenters. The number of β-amino-alcohol motifs (C(OH)–C–C–N with tert-alkyl or cyclic N) is 1. The van der Waals surface area contributed by atoms with Gasteiger partial charge < -0.3 is 19.5 Å². The molecule has 3 rings (SSSR count). The van der Waals surface area contributed by atoms with E-state index < -0.39 is 17.8 Å². The molecule has 1 fully saturated rings. The molecule has 1 aliphatic rings. The number of rotatable bonds is 9. The maximum Gasteiger partial charge on any atom is 0.416 e. The minimum Gasteiger partial charge on any atom is -0.491 e. The third-order valence-electron chi connectivity index (χ3n) is 5.66. The van der Waals surface area contributed by atoms with Crippen molar-refractivity contribution in [2.75, 3.05) is 57.4 Å². The molecule has 2 aromatic carbocycles. The van der Waals surface area contributed by atoms with Gasteiger partial charge in [-0.15, -0.1) is 0 Å². The molecule has 8 heteroatoms. The smallest absolute Gasteiger partial charge is 0.416 e. The SMILES string of the molecule is Cc1ccc(OCCOC[C@@H](O)CN2CCN(c3cccc(C(F)(F)F)c3)CC2)cc1C. The number of hydrogen-bond acceptors (Lipinski definition) is 5. The van der Waals surface area contributed by atoms with E-state index in [0.29, 0.717) is 51.6 Å². The molecule has 1 saturated heterocycles. The summed E-state index contributed by atoms with van der Waals surface area (Å²) in [6.07, 6.45) is -4.97. The zero-order valence-corrected chi connectivity index (χ0v) is 18.6. The maximum atomic E-state index is 12.9. The molecule has 0 aliphatic carbocycles. The molecular weight excluding hydrogens is 421 g/mol. The Morgan fingerprint density at radius 1 is 0.969 bits per heavy atom. The van der Waals surface area contributed by atoms with Crippen molar-refractivity contribution in [3.63, 3.8) is 0 Å². The molecule has 0 unspecified atom stereocenters. The quantitative estimate of drug-likeness (QED) is 0.585. The van der Waals surface area contributed by atoms with Crippen LogP contribution in [0.15, 0.2) is 42.5 Å². The van der Waals surface area contributed by atoms with Gasteiger partial charge in [0.2, 0.25) is 0 Å². The predicted molar refractivity (Wildman–Crippen MR) is 118 cm³/mol. The first-order chi connectivity index (χ1) is 15.2. The molecule has 0 radical (unpaired) electrons. The lowest BCUT2D eigenvalue weighted by Gasteiger charge is -2.37. The monoisotopic (exact) mass is 452 g/mol. The Morgan fingerprint density at radius 3 is 2.41 bits per heavy atom. The molecule has 0 bridgehead atoms. The second-order valence-electron chi connectivity index (χ2n) is 8.16. The van der Waals surface area contributed by atoms with Gasteiger partial charge in [-0.2, -0.15) is 13.2 Å². The van der Waals surface area contributed by atoms with Gasteiger partial charge in [-0.25, -0.2) is 0 Å². The predicted octanol–water partition coefficient (Wildman–Crippen LogP) is 3.90. The molecule has 5 nitrogen and oxygen atoms in total. The summed E-state index contributed by atoms with van der Waals surface area (Å²) < 4.78 is 50.0. The number of aliphatic hydroxyl groups is 1. The van der Waals surface area contributed by atoms with Crippen LogP contribution in [0, 0.1) is 13.8 Å². The number of aryl methyl sites for hydroxylation is 2. The Bertz CT molecular complexity index is 868. The van der Waals surface area contributed by atoms with Crippen LogP contribution in [0.2, 0.25) is 0 Å². The summed E-state index contributed by atoms with van der Waals surface area (Å²) in [6.45, 7) is 8.11. The van der Waals surface area contributed by atoms with Crippen LogP contribution in [0.5, 0.6) is 5.75 Å². The van der Waals surface area contributed by atoms with Gasteiger partial charge in [0.25, 0.3) is 0 Å². The van der Waals surface area contributed by atoms with E-state index in [4.69, 9.17) is 9.47 Å². The fourth-order valence-electron chi connectivity index (χ4n) is 3.66. The van der Waals surface area contributed by atoms with E-state index in [-0.39, 0.29) is 6.61 Å². The topological polar surface area (TPSA) is 45.2 Å². The van der Waals surface area contributed by atoms with E-state index in [0.717, 1.165) is 11.8 Å². The number of aliphatic hydroxyl groups excluding tert-OH is 1. The van der Waals surface area contributed by atoms with Crippen LogP contribution in [-0.2, 0) is 10.9 Å². The van der Waals surface area contributed by atoms with Gasteiger partial charge in [-0.1, -0.05) is 12.1 Å². The van der Waals surface area contributed by atoms with Crippen molar-refractivity contribution in [2.24, 2.45) is 0 Å². The van der Waals surface area contributed by atoms with Crippen molar-refractivity contribution in [3.05, 3.63) is 59.2 Å². The normalized spacial score (nSPS) is 16.2. The van der Waals surface area contributed by atoms with Crippen molar-refractivity contribution in [3.8, 4) is 5.75 Å². The van der Waals surface area contributed by atoms with E-state index in [1.165, 1.54) is 23.3 Å². The van der Waals surface area contributed by atoms with Crippen molar-refractivity contribution in [1.29, 1.82) is 0 Å². The Kier molecular flexibility index (Phi) is 8.39. The lowest BCUT2D eigenvalue weighted by atomic mass is 10.1. The summed E-state index contributed by atoms with van der Waals surface area (Å²) in [4.78, 5) is 4.04. The van der Waals surface area contributed by atoms with Gasteiger partial charge in [0, 0.05) is 38.4 Å². The van der Waals surface area contributed by atoms with Crippen molar-refractivity contribution in [1.82, 2.24) is 4.90 Å². The van der Waals surface area contributed by atoms with Gasteiger partial charge in [0.15, 0.2) is 0 Å². The largest absolute Gasteiger partial charge is 0.491 e. The highest BCUT2D eigenvalue weighted by Crippen LogP contribution is 2.31. The molecule has 2 aromatic rings. The summed E-state index contributed by atoms with van der Waals surface area (Å²) in [5.41, 5.74) is 2.33. The van der Waals surface area contributed by atoms with Crippen molar-refractivity contribution >= 4 is 5.69 Å². The van der Waals surface area contributed by atoms with E-state index in [1.807, 2.05) is 30.0 Å². The van der Waals surface area contributed by atoms with Crippen LogP contribution in [0.1, 0.15) is 16.7 Å². The number of benzene rings is 2. The summed E-state index contributed by atoms with van der Waals surface area (Å²) in [7, 11) is 0. The highest BCUT2D eigenvalue weighted by molar-refractivity contribution is 5.49. The van der Waals surface area contributed by atoms with Crippen LogP contribution < -0.4 is 9.64 Å². The van der Waals surface area contributed by atoms with Crippen LogP contribution in [0.4, 0.5) is 18.9 Å².